The molecule has 0 unspecified atom stereocenters. The number of imidazole rings is 1. The highest BCUT2D eigenvalue weighted by Gasteiger charge is 2.15. The zero-order valence-electron chi connectivity index (χ0n) is 10.1. The molecular formula is C14H19N3. The van der Waals surface area contributed by atoms with Crippen LogP contribution in [0.5, 0.6) is 0 Å². The van der Waals surface area contributed by atoms with Gasteiger partial charge in [0.2, 0.25) is 0 Å². The number of aryl methyl sites for hydroxylation is 1. The third kappa shape index (κ3) is 2.34. The van der Waals surface area contributed by atoms with Crippen molar-refractivity contribution in [2.24, 2.45) is 0 Å². The van der Waals surface area contributed by atoms with Crippen molar-refractivity contribution in [1.82, 2.24) is 14.9 Å². The Morgan fingerprint density at radius 1 is 1.29 bits per heavy atom. The Hall–Kier alpha value is -1.35. The van der Waals surface area contributed by atoms with Gasteiger partial charge in [-0.3, -0.25) is 0 Å². The number of para-hydroxylation sites is 2. The maximum Gasteiger partial charge on any atom is 0.0958 e. The van der Waals surface area contributed by atoms with Gasteiger partial charge in [-0.25, -0.2) is 4.98 Å². The van der Waals surface area contributed by atoms with E-state index >= 15 is 0 Å². The van der Waals surface area contributed by atoms with Crippen LogP contribution in [-0.4, -0.2) is 22.1 Å². The van der Waals surface area contributed by atoms with Crippen molar-refractivity contribution >= 4 is 11.0 Å². The minimum Gasteiger partial charge on any atom is -0.331 e. The summed E-state index contributed by atoms with van der Waals surface area (Å²) in [6.45, 7) is 2.18. The van der Waals surface area contributed by atoms with Crippen LogP contribution >= 0.6 is 0 Å². The van der Waals surface area contributed by atoms with Crippen LogP contribution in [0.4, 0.5) is 0 Å². The Labute approximate surface area is 102 Å². The molecule has 1 aliphatic rings. The molecule has 1 N–H and O–H groups in total. The van der Waals surface area contributed by atoms with Crippen LogP contribution in [0.25, 0.3) is 11.0 Å². The molecular weight excluding hydrogens is 210 g/mol. The minimum atomic E-state index is 0.800. The molecule has 1 aliphatic carbocycles. The summed E-state index contributed by atoms with van der Waals surface area (Å²) in [6, 6.07) is 9.12. The molecule has 0 bridgehead atoms. The normalized spacial score (nSPS) is 16.2. The largest absolute Gasteiger partial charge is 0.331 e. The lowest BCUT2D eigenvalue weighted by atomic mass is 9.93. The minimum absolute atomic E-state index is 0.800. The smallest absolute Gasteiger partial charge is 0.0958 e. The van der Waals surface area contributed by atoms with Gasteiger partial charge in [-0.15, -0.1) is 0 Å². The number of nitrogens with one attached hydrogen (secondary N) is 1. The van der Waals surface area contributed by atoms with E-state index in [9.17, 15) is 0 Å². The molecule has 0 spiro atoms. The van der Waals surface area contributed by atoms with Gasteiger partial charge in [-0.1, -0.05) is 18.6 Å². The Bertz CT molecular complexity index is 485. The highest BCUT2D eigenvalue weighted by Crippen LogP contribution is 2.18. The number of rotatable bonds is 5. The predicted molar refractivity (Wildman–Crippen MR) is 70.0 cm³/mol. The fraction of sp³-hybridized carbons (Fsp3) is 0.500. The molecule has 0 amide bonds. The lowest BCUT2D eigenvalue weighted by Gasteiger charge is -2.26. The highest BCUT2D eigenvalue weighted by molar-refractivity contribution is 5.74. The molecule has 17 heavy (non-hydrogen) atoms. The van der Waals surface area contributed by atoms with E-state index in [1.807, 2.05) is 12.4 Å². The molecule has 1 aromatic carbocycles. The molecule has 1 aromatic heterocycles. The summed E-state index contributed by atoms with van der Waals surface area (Å²) >= 11 is 0. The molecule has 0 aliphatic heterocycles. The van der Waals surface area contributed by atoms with Crippen molar-refractivity contribution in [3.8, 4) is 0 Å². The van der Waals surface area contributed by atoms with Crippen LogP contribution in [0.1, 0.15) is 25.7 Å². The van der Waals surface area contributed by atoms with Gasteiger partial charge in [0.1, 0.15) is 0 Å². The average Bonchev–Trinajstić information content (AvgIpc) is 2.70. The Kier molecular flexibility index (Phi) is 3.10. The Balaban J connectivity index is 1.53. The lowest BCUT2D eigenvalue weighted by Crippen LogP contribution is -2.35. The van der Waals surface area contributed by atoms with E-state index in [1.54, 1.807) is 0 Å². The van der Waals surface area contributed by atoms with E-state index < -0.39 is 0 Å². The summed E-state index contributed by atoms with van der Waals surface area (Å²) in [7, 11) is 0. The summed E-state index contributed by atoms with van der Waals surface area (Å²) in [6.07, 6.45) is 7.27. The Morgan fingerprint density at radius 2 is 2.18 bits per heavy atom. The summed E-state index contributed by atoms with van der Waals surface area (Å²) in [5.74, 6) is 0. The van der Waals surface area contributed by atoms with Crippen molar-refractivity contribution < 1.29 is 0 Å². The number of hydrogen-bond donors (Lipinski definition) is 1. The predicted octanol–water partition coefficient (Wildman–Crippen LogP) is 2.57. The van der Waals surface area contributed by atoms with Gasteiger partial charge in [0.25, 0.3) is 0 Å². The number of hydrogen-bond acceptors (Lipinski definition) is 2. The van der Waals surface area contributed by atoms with Crippen LogP contribution < -0.4 is 5.32 Å². The molecule has 3 nitrogen and oxygen atoms in total. The van der Waals surface area contributed by atoms with Crippen LogP contribution in [0, 0.1) is 0 Å². The van der Waals surface area contributed by atoms with Crippen LogP contribution in [0.2, 0.25) is 0 Å². The zero-order valence-corrected chi connectivity index (χ0v) is 10.1. The summed E-state index contributed by atoms with van der Waals surface area (Å²) in [5, 5.41) is 3.60. The van der Waals surface area contributed by atoms with E-state index in [-0.39, 0.29) is 0 Å². The van der Waals surface area contributed by atoms with E-state index in [4.69, 9.17) is 0 Å². The SMILES string of the molecule is c1ccc2c(c1)ncn2CCCNC1CCC1. The summed E-state index contributed by atoms with van der Waals surface area (Å²) < 4.78 is 2.25. The quantitative estimate of drug-likeness (QED) is 0.799. The van der Waals surface area contributed by atoms with Gasteiger partial charge in [0, 0.05) is 12.6 Å². The number of nitrogens with zero attached hydrogens (tertiary/aromatic N) is 2. The molecule has 3 rings (SSSR count). The summed E-state index contributed by atoms with van der Waals surface area (Å²) in [5.41, 5.74) is 2.34. The second kappa shape index (κ2) is 4.88. The standard InChI is InChI=1S/C14H19N3/c1-2-8-14-13(7-1)16-11-17(14)10-4-9-15-12-5-3-6-12/h1-2,7-8,11-12,15H,3-6,9-10H2. The number of benzene rings is 1. The van der Waals surface area contributed by atoms with Gasteiger partial charge in [0.15, 0.2) is 0 Å². The van der Waals surface area contributed by atoms with Crippen LogP contribution in [0.15, 0.2) is 30.6 Å². The Morgan fingerprint density at radius 3 is 3.00 bits per heavy atom. The molecule has 1 saturated carbocycles. The van der Waals surface area contributed by atoms with E-state index in [0.717, 1.165) is 24.6 Å². The lowest BCUT2D eigenvalue weighted by molar-refractivity contribution is 0.336. The van der Waals surface area contributed by atoms with E-state index in [2.05, 4.69) is 33.1 Å². The van der Waals surface area contributed by atoms with Crippen LogP contribution in [-0.2, 0) is 6.54 Å². The van der Waals surface area contributed by atoms with Gasteiger partial charge >= 0.3 is 0 Å². The average molecular weight is 229 g/mol. The molecule has 90 valence electrons. The van der Waals surface area contributed by atoms with Gasteiger partial charge in [-0.2, -0.15) is 0 Å². The first-order valence-corrected chi connectivity index (χ1v) is 6.57. The van der Waals surface area contributed by atoms with Crippen molar-refractivity contribution in [2.75, 3.05) is 6.54 Å². The monoisotopic (exact) mass is 229 g/mol. The van der Waals surface area contributed by atoms with E-state index in [0.29, 0.717) is 0 Å². The van der Waals surface area contributed by atoms with Crippen molar-refractivity contribution in [3.63, 3.8) is 0 Å². The second-order valence-corrected chi connectivity index (χ2v) is 4.86. The van der Waals surface area contributed by atoms with Crippen LogP contribution in [0.3, 0.4) is 0 Å². The maximum atomic E-state index is 4.40. The second-order valence-electron chi connectivity index (χ2n) is 4.86. The number of aromatic nitrogens is 2. The molecule has 0 saturated heterocycles. The fourth-order valence-electron chi connectivity index (χ4n) is 2.36. The first-order chi connectivity index (χ1) is 8.43. The van der Waals surface area contributed by atoms with Gasteiger partial charge in [0.05, 0.1) is 17.4 Å². The molecule has 3 heteroatoms. The van der Waals surface area contributed by atoms with Crippen molar-refractivity contribution in [2.45, 2.75) is 38.3 Å². The third-order valence-corrected chi connectivity index (χ3v) is 3.64. The first kappa shape index (κ1) is 10.8. The molecule has 0 atom stereocenters. The molecule has 1 fully saturated rings. The first-order valence-electron chi connectivity index (χ1n) is 6.57. The fourth-order valence-corrected chi connectivity index (χ4v) is 2.36. The summed E-state index contributed by atoms with van der Waals surface area (Å²) in [4.78, 5) is 4.40. The van der Waals surface area contributed by atoms with Crippen molar-refractivity contribution in [3.05, 3.63) is 30.6 Å². The molecule has 1 heterocycles. The van der Waals surface area contributed by atoms with Gasteiger partial charge < -0.3 is 9.88 Å². The highest BCUT2D eigenvalue weighted by atomic mass is 15.0. The third-order valence-electron chi connectivity index (χ3n) is 3.64. The zero-order chi connectivity index (χ0) is 11.5. The van der Waals surface area contributed by atoms with Crippen molar-refractivity contribution in [1.29, 1.82) is 0 Å². The molecule has 2 aromatic rings. The van der Waals surface area contributed by atoms with E-state index in [1.165, 1.54) is 31.2 Å². The maximum absolute atomic E-state index is 4.40. The van der Waals surface area contributed by atoms with Gasteiger partial charge in [-0.05, 0) is 37.9 Å². The molecule has 0 radical (unpaired) electrons. The number of fused-ring (bicyclic) bond motifs is 1. The topological polar surface area (TPSA) is 29.9 Å².